The van der Waals surface area contributed by atoms with Crippen LogP contribution in [0.3, 0.4) is 0 Å². The number of aliphatic hydroxyl groups is 1. The highest BCUT2D eigenvalue weighted by molar-refractivity contribution is 6.07. The standard InChI is InChI=1S/C29H24O7/c30-28-24-10-19-9-21(4-5-23(19)27(25(24)16-35-28)18-6-7-32-14-18)33-13-17-2-1-3-20(8-17)29(31)11-22-15-34-26(12-29)36-22/h1-10,14,22,26,31H,11-13,15-16H2/t22-,26+,29+/m1/s1. The van der Waals surface area contributed by atoms with Crippen molar-refractivity contribution in [2.24, 2.45) is 0 Å². The molecule has 4 aromatic rings. The summed E-state index contributed by atoms with van der Waals surface area (Å²) in [6.07, 6.45) is 3.82. The summed E-state index contributed by atoms with van der Waals surface area (Å²) in [6, 6.07) is 17.5. The van der Waals surface area contributed by atoms with Crippen LogP contribution in [0.5, 0.6) is 5.75 Å². The summed E-state index contributed by atoms with van der Waals surface area (Å²) in [7, 11) is 0. The van der Waals surface area contributed by atoms with Crippen LogP contribution in [0, 0.1) is 0 Å². The Labute approximate surface area is 207 Å². The molecule has 0 saturated carbocycles. The number of carbonyl (C=O) groups is 1. The number of furan rings is 1. The van der Waals surface area contributed by atoms with Crippen LogP contribution in [0.2, 0.25) is 0 Å². The lowest BCUT2D eigenvalue weighted by Gasteiger charge is -2.35. The Kier molecular flexibility index (Phi) is 4.92. The highest BCUT2D eigenvalue weighted by atomic mass is 16.7. The van der Waals surface area contributed by atoms with E-state index < -0.39 is 5.60 Å². The van der Waals surface area contributed by atoms with Crippen LogP contribution in [-0.4, -0.2) is 30.1 Å². The van der Waals surface area contributed by atoms with Gasteiger partial charge in [-0.15, -0.1) is 0 Å². The molecule has 1 aromatic heterocycles. The minimum Gasteiger partial charge on any atom is -0.489 e. The Balaban J connectivity index is 1.17. The molecule has 3 aliphatic rings. The zero-order valence-electron chi connectivity index (χ0n) is 19.4. The molecule has 36 heavy (non-hydrogen) atoms. The van der Waals surface area contributed by atoms with Gasteiger partial charge < -0.3 is 28.5 Å². The van der Waals surface area contributed by atoms with Crippen LogP contribution in [0.25, 0.3) is 21.9 Å². The van der Waals surface area contributed by atoms with Crippen molar-refractivity contribution in [2.45, 2.75) is 44.1 Å². The molecule has 1 N–H and O–H groups in total. The van der Waals surface area contributed by atoms with Crippen molar-refractivity contribution in [3.63, 3.8) is 0 Å². The number of carbonyl (C=O) groups excluding carboxylic acids is 1. The maximum absolute atomic E-state index is 12.3. The Morgan fingerprint density at radius 1 is 1.08 bits per heavy atom. The first-order chi connectivity index (χ1) is 17.6. The summed E-state index contributed by atoms with van der Waals surface area (Å²) in [5.74, 6) is 0.373. The molecule has 3 aromatic carbocycles. The molecule has 3 aliphatic heterocycles. The Bertz CT molecular complexity index is 1460. The van der Waals surface area contributed by atoms with Gasteiger partial charge in [0, 0.05) is 29.5 Å². The maximum Gasteiger partial charge on any atom is 0.338 e. The first-order valence-corrected chi connectivity index (χ1v) is 12.1. The maximum atomic E-state index is 12.3. The van der Waals surface area contributed by atoms with Gasteiger partial charge in [-0.3, -0.25) is 0 Å². The first kappa shape index (κ1) is 21.6. The lowest BCUT2D eigenvalue weighted by Crippen LogP contribution is -2.39. The third kappa shape index (κ3) is 3.59. The van der Waals surface area contributed by atoms with Gasteiger partial charge in [0.2, 0.25) is 0 Å². The smallest absolute Gasteiger partial charge is 0.338 e. The largest absolute Gasteiger partial charge is 0.489 e. The van der Waals surface area contributed by atoms with E-state index in [-0.39, 0.29) is 25.0 Å². The van der Waals surface area contributed by atoms with E-state index in [0.717, 1.165) is 38.6 Å². The quantitative estimate of drug-likeness (QED) is 0.396. The monoisotopic (exact) mass is 484 g/mol. The second-order valence-corrected chi connectivity index (χ2v) is 9.70. The topological polar surface area (TPSA) is 87.4 Å². The van der Waals surface area contributed by atoms with Crippen molar-refractivity contribution in [3.05, 3.63) is 89.4 Å². The molecule has 2 fully saturated rings. The summed E-state index contributed by atoms with van der Waals surface area (Å²) >= 11 is 0. The van der Waals surface area contributed by atoms with Crippen LogP contribution in [-0.2, 0) is 33.0 Å². The molecule has 4 heterocycles. The molecule has 3 atom stereocenters. The first-order valence-electron chi connectivity index (χ1n) is 12.1. The second kappa shape index (κ2) is 8.20. The van der Waals surface area contributed by atoms with E-state index in [0.29, 0.717) is 37.4 Å². The van der Waals surface area contributed by atoms with Crippen molar-refractivity contribution in [1.82, 2.24) is 0 Å². The van der Waals surface area contributed by atoms with E-state index in [1.165, 1.54) is 0 Å². The number of hydrogen-bond donors (Lipinski definition) is 1. The molecule has 0 radical (unpaired) electrons. The lowest BCUT2D eigenvalue weighted by atomic mass is 9.83. The van der Waals surface area contributed by atoms with Crippen molar-refractivity contribution >= 4 is 16.7 Å². The predicted octanol–water partition coefficient (Wildman–Crippen LogP) is 5.07. The summed E-state index contributed by atoms with van der Waals surface area (Å²) < 4.78 is 28.1. The fraction of sp³-hybridized carbons (Fsp3) is 0.276. The third-order valence-electron chi connectivity index (χ3n) is 7.35. The van der Waals surface area contributed by atoms with Crippen LogP contribution in [0.1, 0.15) is 39.9 Å². The highest BCUT2D eigenvalue weighted by Gasteiger charge is 2.45. The minimum absolute atomic E-state index is 0.0723. The van der Waals surface area contributed by atoms with Crippen LogP contribution >= 0.6 is 0 Å². The van der Waals surface area contributed by atoms with Crippen molar-refractivity contribution < 1.29 is 33.3 Å². The molecule has 7 heteroatoms. The zero-order valence-corrected chi connectivity index (χ0v) is 19.4. The predicted molar refractivity (Wildman–Crippen MR) is 129 cm³/mol. The van der Waals surface area contributed by atoms with Gasteiger partial charge in [-0.25, -0.2) is 4.79 Å². The van der Waals surface area contributed by atoms with Crippen LogP contribution in [0.4, 0.5) is 0 Å². The summed E-state index contributed by atoms with van der Waals surface area (Å²) in [6.45, 7) is 1.13. The van der Waals surface area contributed by atoms with E-state index in [2.05, 4.69) is 0 Å². The number of rotatable bonds is 5. The number of fused-ring (bicyclic) bond motifs is 4. The van der Waals surface area contributed by atoms with Crippen molar-refractivity contribution in [1.29, 1.82) is 0 Å². The lowest BCUT2D eigenvalue weighted by molar-refractivity contribution is -0.159. The van der Waals surface area contributed by atoms with E-state index in [4.69, 9.17) is 23.4 Å². The van der Waals surface area contributed by atoms with Crippen molar-refractivity contribution in [3.8, 4) is 16.9 Å². The summed E-state index contributed by atoms with van der Waals surface area (Å²) in [5.41, 5.74) is 4.15. The minimum atomic E-state index is -0.971. The van der Waals surface area contributed by atoms with Gasteiger partial charge in [0.15, 0.2) is 6.29 Å². The van der Waals surface area contributed by atoms with Crippen molar-refractivity contribution in [2.75, 3.05) is 6.61 Å². The molecule has 0 aliphatic carbocycles. The molecule has 2 bridgehead atoms. The molecule has 2 saturated heterocycles. The van der Waals surface area contributed by atoms with Gasteiger partial charge in [0.05, 0.1) is 36.4 Å². The fourth-order valence-electron chi connectivity index (χ4n) is 5.61. The molecule has 0 spiro atoms. The summed E-state index contributed by atoms with van der Waals surface area (Å²) in [5, 5.41) is 13.2. The molecule has 7 nitrogen and oxygen atoms in total. The third-order valence-corrected chi connectivity index (χ3v) is 7.35. The number of esters is 1. The fourth-order valence-corrected chi connectivity index (χ4v) is 5.61. The number of benzene rings is 3. The zero-order chi connectivity index (χ0) is 24.3. The van der Waals surface area contributed by atoms with E-state index in [9.17, 15) is 9.90 Å². The van der Waals surface area contributed by atoms with Gasteiger partial charge in [-0.2, -0.15) is 0 Å². The van der Waals surface area contributed by atoms with Gasteiger partial charge in [-0.1, -0.05) is 24.3 Å². The molecule has 0 unspecified atom stereocenters. The normalized spacial score (nSPS) is 24.6. The second-order valence-electron chi connectivity index (χ2n) is 9.70. The summed E-state index contributed by atoms with van der Waals surface area (Å²) in [4.78, 5) is 12.3. The molecule has 7 rings (SSSR count). The highest BCUT2D eigenvalue weighted by Crippen LogP contribution is 2.42. The van der Waals surface area contributed by atoms with Gasteiger partial charge in [0.25, 0.3) is 0 Å². The van der Waals surface area contributed by atoms with E-state index in [1.54, 1.807) is 12.5 Å². The molecule has 0 amide bonds. The average Bonchev–Trinajstić information content (AvgIpc) is 3.63. The van der Waals surface area contributed by atoms with Crippen LogP contribution < -0.4 is 4.74 Å². The van der Waals surface area contributed by atoms with Gasteiger partial charge in [0.1, 0.15) is 19.0 Å². The molecule has 182 valence electrons. The number of ether oxygens (including phenoxy) is 4. The van der Waals surface area contributed by atoms with E-state index >= 15 is 0 Å². The Morgan fingerprint density at radius 2 is 2.03 bits per heavy atom. The SMILES string of the molecule is O=C1OCc2c1cc1cc(OCc3cccc([C@]4(O)C[C@@H]5CO[C@H](C4)O5)c3)ccc1c2-c1ccoc1. The Morgan fingerprint density at radius 3 is 2.89 bits per heavy atom. The number of hydrogen-bond acceptors (Lipinski definition) is 7. The number of cyclic esters (lactones) is 1. The molecular formula is C29H24O7. The van der Waals surface area contributed by atoms with Crippen LogP contribution in [0.15, 0.2) is 71.5 Å². The average molecular weight is 485 g/mol. The van der Waals surface area contributed by atoms with Gasteiger partial charge >= 0.3 is 5.97 Å². The Hall–Kier alpha value is -3.65. The van der Waals surface area contributed by atoms with E-state index in [1.807, 2.05) is 54.6 Å². The molecular weight excluding hydrogens is 460 g/mol. The van der Waals surface area contributed by atoms with Gasteiger partial charge in [-0.05, 0) is 52.2 Å².